The molecule has 0 spiro atoms. The van der Waals surface area contributed by atoms with E-state index in [1.807, 2.05) is 37.3 Å². The van der Waals surface area contributed by atoms with Crippen molar-refractivity contribution in [2.45, 2.75) is 33.4 Å². The predicted octanol–water partition coefficient (Wildman–Crippen LogP) is 4.18. The second-order valence-electron chi connectivity index (χ2n) is 7.24. The minimum Gasteiger partial charge on any atom is -0.490 e. The lowest BCUT2D eigenvalue weighted by atomic mass is 9.89. The smallest absolute Gasteiger partial charge is 0.317 e. The van der Waals surface area contributed by atoms with E-state index in [9.17, 15) is 4.79 Å². The second kappa shape index (κ2) is 10.3. The molecule has 0 saturated carbocycles. The van der Waals surface area contributed by atoms with Crippen molar-refractivity contribution in [2.24, 2.45) is 5.92 Å². The number of carbonyl (C=O) groups is 1. The standard InChI is InChI=1S/C24H28N2O4S/c1-5-28-20-13-18(11-12-19(20)30-14-17-9-7-15(3)8-10-17)22-21(23(27)29-6-2)16(4)25-24(31)26-22/h7-13,21-22H,4-6,14H2,1-3H3,(H2,25,26,31). The molecule has 7 heteroatoms. The molecule has 2 atom stereocenters. The molecule has 164 valence electrons. The zero-order valence-electron chi connectivity index (χ0n) is 18.1. The van der Waals surface area contributed by atoms with Gasteiger partial charge in [0, 0.05) is 5.70 Å². The number of carbonyl (C=O) groups excluding carboxylic acids is 1. The van der Waals surface area contributed by atoms with Crippen LogP contribution in [0.1, 0.15) is 36.6 Å². The van der Waals surface area contributed by atoms with Crippen LogP contribution in [0, 0.1) is 12.8 Å². The summed E-state index contributed by atoms with van der Waals surface area (Å²) >= 11 is 5.29. The Balaban J connectivity index is 1.86. The van der Waals surface area contributed by atoms with E-state index in [0.717, 1.165) is 11.1 Å². The fraction of sp³-hybridized carbons (Fsp3) is 0.333. The van der Waals surface area contributed by atoms with E-state index in [4.69, 9.17) is 26.4 Å². The van der Waals surface area contributed by atoms with Crippen LogP contribution in [0.4, 0.5) is 0 Å². The third-order valence-corrected chi connectivity index (χ3v) is 5.17. The maximum atomic E-state index is 12.6. The van der Waals surface area contributed by atoms with Gasteiger partial charge in [0.15, 0.2) is 16.6 Å². The van der Waals surface area contributed by atoms with Gasteiger partial charge in [0.05, 0.1) is 19.3 Å². The molecule has 2 N–H and O–H groups in total. The zero-order valence-corrected chi connectivity index (χ0v) is 18.9. The van der Waals surface area contributed by atoms with Crippen LogP contribution in [-0.2, 0) is 16.1 Å². The maximum Gasteiger partial charge on any atom is 0.317 e. The number of esters is 1. The van der Waals surface area contributed by atoms with Crippen LogP contribution in [0.3, 0.4) is 0 Å². The number of aryl methyl sites for hydroxylation is 1. The van der Waals surface area contributed by atoms with Gasteiger partial charge in [-0.05, 0) is 56.2 Å². The number of hydrogen-bond donors (Lipinski definition) is 2. The van der Waals surface area contributed by atoms with E-state index in [0.29, 0.717) is 35.5 Å². The van der Waals surface area contributed by atoms with Crippen molar-refractivity contribution in [3.63, 3.8) is 0 Å². The van der Waals surface area contributed by atoms with E-state index in [1.165, 1.54) is 5.56 Å². The van der Waals surface area contributed by atoms with E-state index in [1.54, 1.807) is 6.92 Å². The summed E-state index contributed by atoms with van der Waals surface area (Å²) in [4.78, 5) is 12.6. The van der Waals surface area contributed by atoms with Gasteiger partial charge in [0.2, 0.25) is 0 Å². The Labute approximate surface area is 188 Å². The Hall–Kier alpha value is -3.06. The van der Waals surface area contributed by atoms with Crippen molar-refractivity contribution >= 4 is 23.3 Å². The molecule has 0 bridgehead atoms. The number of ether oxygens (including phenoxy) is 3. The highest BCUT2D eigenvalue weighted by atomic mass is 32.1. The monoisotopic (exact) mass is 440 g/mol. The normalized spacial score (nSPS) is 18.0. The van der Waals surface area contributed by atoms with E-state index in [2.05, 4.69) is 36.3 Å². The molecule has 6 nitrogen and oxygen atoms in total. The van der Waals surface area contributed by atoms with Crippen molar-refractivity contribution < 1.29 is 19.0 Å². The van der Waals surface area contributed by atoms with Gasteiger partial charge in [-0.15, -0.1) is 0 Å². The van der Waals surface area contributed by atoms with Gasteiger partial charge in [-0.25, -0.2) is 0 Å². The highest BCUT2D eigenvalue weighted by Gasteiger charge is 2.38. The molecule has 1 aliphatic heterocycles. The molecule has 2 aromatic rings. The predicted molar refractivity (Wildman–Crippen MR) is 124 cm³/mol. The molecule has 1 saturated heterocycles. The summed E-state index contributed by atoms with van der Waals surface area (Å²) in [6.45, 7) is 10.9. The van der Waals surface area contributed by atoms with Crippen LogP contribution in [0.25, 0.3) is 0 Å². The average molecular weight is 441 g/mol. The topological polar surface area (TPSA) is 68.8 Å². The van der Waals surface area contributed by atoms with Crippen molar-refractivity contribution in [1.82, 2.24) is 10.6 Å². The molecule has 0 aromatic heterocycles. The minimum absolute atomic E-state index is 0.287. The molecule has 2 aromatic carbocycles. The summed E-state index contributed by atoms with van der Waals surface area (Å²) in [6, 6.07) is 13.4. The van der Waals surface area contributed by atoms with Crippen LogP contribution in [0.15, 0.2) is 54.7 Å². The number of benzene rings is 2. The summed E-state index contributed by atoms with van der Waals surface area (Å²) in [5.74, 6) is 0.249. The van der Waals surface area contributed by atoms with Crippen LogP contribution < -0.4 is 20.1 Å². The van der Waals surface area contributed by atoms with Crippen LogP contribution in [-0.4, -0.2) is 24.3 Å². The minimum atomic E-state index is -0.625. The highest BCUT2D eigenvalue weighted by Crippen LogP contribution is 2.36. The summed E-state index contributed by atoms with van der Waals surface area (Å²) in [6.07, 6.45) is 0. The average Bonchev–Trinajstić information content (AvgIpc) is 2.73. The second-order valence-corrected chi connectivity index (χ2v) is 7.65. The Morgan fingerprint density at radius 1 is 1.06 bits per heavy atom. The quantitative estimate of drug-likeness (QED) is 0.471. The molecule has 31 heavy (non-hydrogen) atoms. The summed E-state index contributed by atoms with van der Waals surface area (Å²) in [7, 11) is 0. The number of hydrogen-bond acceptors (Lipinski definition) is 5. The SMILES string of the molecule is C=C1NC(=S)NC(c2ccc(OCc3ccc(C)cc3)c(OCC)c2)C1C(=O)OCC. The van der Waals surface area contributed by atoms with Gasteiger partial charge >= 0.3 is 5.97 Å². The van der Waals surface area contributed by atoms with Crippen molar-refractivity contribution in [3.8, 4) is 11.5 Å². The lowest BCUT2D eigenvalue weighted by molar-refractivity contribution is -0.147. The Bertz CT molecular complexity index is 959. The van der Waals surface area contributed by atoms with Gasteiger partial charge < -0.3 is 24.8 Å². The van der Waals surface area contributed by atoms with E-state index >= 15 is 0 Å². The molecular formula is C24H28N2O4S. The van der Waals surface area contributed by atoms with Crippen molar-refractivity contribution in [3.05, 3.63) is 71.4 Å². The van der Waals surface area contributed by atoms with Crippen molar-refractivity contribution in [1.29, 1.82) is 0 Å². The fourth-order valence-electron chi connectivity index (χ4n) is 3.42. The lowest BCUT2D eigenvalue weighted by Crippen LogP contribution is -2.51. The van der Waals surface area contributed by atoms with E-state index < -0.39 is 12.0 Å². The van der Waals surface area contributed by atoms with Gasteiger partial charge in [-0.1, -0.05) is 42.5 Å². The Morgan fingerprint density at radius 2 is 1.81 bits per heavy atom. The first kappa shape index (κ1) is 22.6. The molecule has 1 fully saturated rings. The van der Waals surface area contributed by atoms with Gasteiger partial charge in [0.25, 0.3) is 0 Å². The lowest BCUT2D eigenvalue weighted by Gasteiger charge is -2.35. The summed E-state index contributed by atoms with van der Waals surface area (Å²) in [5, 5.41) is 6.51. The fourth-order valence-corrected chi connectivity index (χ4v) is 3.68. The summed E-state index contributed by atoms with van der Waals surface area (Å²) < 4.78 is 17.1. The van der Waals surface area contributed by atoms with Crippen LogP contribution in [0.2, 0.25) is 0 Å². The first-order valence-electron chi connectivity index (χ1n) is 10.3. The largest absolute Gasteiger partial charge is 0.490 e. The van der Waals surface area contributed by atoms with Crippen LogP contribution in [0.5, 0.6) is 11.5 Å². The van der Waals surface area contributed by atoms with Crippen LogP contribution >= 0.6 is 12.2 Å². The first-order chi connectivity index (χ1) is 14.9. The van der Waals surface area contributed by atoms with Gasteiger partial charge in [-0.2, -0.15) is 0 Å². The maximum absolute atomic E-state index is 12.6. The Morgan fingerprint density at radius 3 is 2.48 bits per heavy atom. The highest BCUT2D eigenvalue weighted by molar-refractivity contribution is 7.80. The molecule has 0 aliphatic carbocycles. The number of thiocarbonyl (C=S) groups is 1. The zero-order chi connectivity index (χ0) is 22.4. The molecular weight excluding hydrogens is 412 g/mol. The first-order valence-corrected chi connectivity index (χ1v) is 10.7. The molecule has 0 amide bonds. The summed E-state index contributed by atoms with van der Waals surface area (Å²) in [5.41, 5.74) is 3.61. The van der Waals surface area contributed by atoms with Gasteiger partial charge in [0.1, 0.15) is 12.5 Å². The molecule has 1 aliphatic rings. The van der Waals surface area contributed by atoms with Crippen molar-refractivity contribution in [2.75, 3.05) is 13.2 Å². The molecule has 0 radical (unpaired) electrons. The molecule has 1 heterocycles. The third kappa shape index (κ3) is 5.55. The van der Waals surface area contributed by atoms with Gasteiger partial charge in [-0.3, -0.25) is 4.79 Å². The van der Waals surface area contributed by atoms with E-state index in [-0.39, 0.29) is 12.6 Å². The Kier molecular flexibility index (Phi) is 7.52. The number of nitrogens with one attached hydrogen (secondary N) is 2. The number of rotatable bonds is 8. The molecule has 3 rings (SSSR count). The molecule has 2 unspecified atom stereocenters. The third-order valence-electron chi connectivity index (χ3n) is 4.95.